The van der Waals surface area contributed by atoms with Gasteiger partial charge in [0.05, 0.1) is 5.52 Å². The van der Waals surface area contributed by atoms with E-state index >= 15 is 0 Å². The summed E-state index contributed by atoms with van der Waals surface area (Å²) in [5.41, 5.74) is 8.61. The van der Waals surface area contributed by atoms with Gasteiger partial charge in [-0.2, -0.15) is 5.10 Å². The van der Waals surface area contributed by atoms with Crippen molar-refractivity contribution in [3.05, 3.63) is 58.7 Å². The van der Waals surface area contributed by atoms with E-state index in [1.807, 2.05) is 48.1 Å². The van der Waals surface area contributed by atoms with E-state index in [2.05, 4.69) is 5.10 Å². The molecule has 0 radical (unpaired) electrons. The number of halogens is 1. The van der Waals surface area contributed by atoms with E-state index in [0.29, 0.717) is 18.2 Å². The van der Waals surface area contributed by atoms with E-state index in [-0.39, 0.29) is 0 Å². The lowest BCUT2D eigenvalue weighted by Crippen LogP contribution is -2.03. The van der Waals surface area contributed by atoms with E-state index in [4.69, 9.17) is 22.1 Å². The lowest BCUT2D eigenvalue weighted by Gasteiger charge is -2.09. The second kappa shape index (κ2) is 5.76. The Labute approximate surface area is 128 Å². The molecule has 108 valence electrons. The lowest BCUT2D eigenvalue weighted by atomic mass is 10.2. The Morgan fingerprint density at radius 2 is 2.05 bits per heavy atom. The van der Waals surface area contributed by atoms with Crippen LogP contribution in [-0.2, 0) is 20.2 Å². The van der Waals surface area contributed by atoms with Crippen molar-refractivity contribution < 1.29 is 4.74 Å². The molecule has 2 aromatic carbocycles. The number of nitrogens with zero attached hydrogens (tertiary/aromatic N) is 2. The maximum absolute atomic E-state index is 5.97. The smallest absolute Gasteiger partial charge is 0.133 e. The largest absolute Gasteiger partial charge is 0.487 e. The zero-order valence-corrected chi connectivity index (χ0v) is 12.5. The fourth-order valence-electron chi connectivity index (χ4n) is 2.39. The zero-order valence-electron chi connectivity index (χ0n) is 11.7. The van der Waals surface area contributed by atoms with Crippen LogP contribution in [0.25, 0.3) is 10.9 Å². The average molecular weight is 302 g/mol. The SMILES string of the molecule is Cn1nc(COc2ccc(Cl)cc2CN)c2ccccc21. The van der Waals surface area contributed by atoms with Crippen molar-refractivity contribution >= 4 is 22.5 Å². The van der Waals surface area contributed by atoms with Gasteiger partial charge in [0.25, 0.3) is 0 Å². The van der Waals surface area contributed by atoms with Gasteiger partial charge >= 0.3 is 0 Å². The summed E-state index contributed by atoms with van der Waals surface area (Å²) in [6.45, 7) is 0.787. The standard InChI is InChI=1S/C16H16ClN3O/c1-20-15-5-3-2-4-13(15)14(19-20)10-21-16-7-6-12(17)8-11(16)9-18/h2-8H,9-10,18H2,1H3. The average Bonchev–Trinajstić information content (AvgIpc) is 2.83. The Morgan fingerprint density at radius 3 is 2.86 bits per heavy atom. The van der Waals surface area contributed by atoms with Crippen LogP contribution in [0.4, 0.5) is 0 Å². The normalized spacial score (nSPS) is 11.0. The molecule has 0 saturated carbocycles. The predicted molar refractivity (Wildman–Crippen MR) is 84.4 cm³/mol. The van der Waals surface area contributed by atoms with Gasteiger partial charge in [-0.1, -0.05) is 29.8 Å². The number of fused-ring (bicyclic) bond motifs is 1. The van der Waals surface area contributed by atoms with Crippen molar-refractivity contribution in [2.24, 2.45) is 12.8 Å². The molecule has 0 amide bonds. The summed E-state index contributed by atoms with van der Waals surface area (Å²) in [7, 11) is 1.93. The number of benzene rings is 2. The van der Waals surface area contributed by atoms with Crippen molar-refractivity contribution in [1.82, 2.24) is 9.78 Å². The summed E-state index contributed by atoms with van der Waals surface area (Å²) in [5.74, 6) is 0.747. The highest BCUT2D eigenvalue weighted by atomic mass is 35.5. The first-order chi connectivity index (χ1) is 10.2. The minimum atomic E-state index is 0.388. The third-order valence-electron chi connectivity index (χ3n) is 3.44. The first-order valence-corrected chi connectivity index (χ1v) is 7.08. The fourth-order valence-corrected chi connectivity index (χ4v) is 2.58. The van der Waals surface area contributed by atoms with E-state index < -0.39 is 0 Å². The number of aromatic nitrogens is 2. The van der Waals surface area contributed by atoms with Crippen LogP contribution < -0.4 is 10.5 Å². The van der Waals surface area contributed by atoms with Crippen LogP contribution >= 0.6 is 11.6 Å². The van der Waals surface area contributed by atoms with Gasteiger partial charge in [-0.3, -0.25) is 4.68 Å². The van der Waals surface area contributed by atoms with Crippen LogP contribution in [-0.4, -0.2) is 9.78 Å². The first kappa shape index (κ1) is 13.9. The summed E-state index contributed by atoms with van der Waals surface area (Å²) >= 11 is 5.97. The monoisotopic (exact) mass is 301 g/mol. The number of nitrogens with two attached hydrogens (primary N) is 1. The van der Waals surface area contributed by atoms with Gasteiger partial charge in [0.1, 0.15) is 18.1 Å². The molecule has 0 aliphatic heterocycles. The van der Waals surface area contributed by atoms with E-state index in [1.54, 1.807) is 6.07 Å². The van der Waals surface area contributed by atoms with Gasteiger partial charge in [-0.25, -0.2) is 0 Å². The quantitative estimate of drug-likeness (QED) is 0.804. The molecule has 0 aliphatic rings. The Bertz CT molecular complexity index is 782. The summed E-state index contributed by atoms with van der Waals surface area (Å²) in [5, 5.41) is 6.27. The molecule has 0 aliphatic carbocycles. The van der Waals surface area contributed by atoms with Crippen LogP contribution in [0.2, 0.25) is 5.02 Å². The summed E-state index contributed by atoms with van der Waals surface area (Å²) in [6.07, 6.45) is 0. The first-order valence-electron chi connectivity index (χ1n) is 6.71. The Kier molecular flexibility index (Phi) is 3.82. The van der Waals surface area contributed by atoms with Gasteiger partial charge in [-0.15, -0.1) is 0 Å². The molecule has 0 bridgehead atoms. The topological polar surface area (TPSA) is 53.1 Å². The maximum atomic E-state index is 5.97. The highest BCUT2D eigenvalue weighted by Crippen LogP contribution is 2.24. The number of hydrogen-bond donors (Lipinski definition) is 1. The van der Waals surface area contributed by atoms with Gasteiger partial charge in [0.2, 0.25) is 0 Å². The second-order valence-electron chi connectivity index (χ2n) is 4.83. The van der Waals surface area contributed by atoms with Crippen molar-refractivity contribution in [2.75, 3.05) is 0 Å². The van der Waals surface area contributed by atoms with E-state index in [9.17, 15) is 0 Å². The molecule has 0 atom stereocenters. The van der Waals surface area contributed by atoms with E-state index in [1.165, 1.54) is 0 Å². The molecule has 3 rings (SSSR count). The van der Waals surface area contributed by atoms with Gasteiger partial charge < -0.3 is 10.5 Å². The van der Waals surface area contributed by atoms with E-state index in [0.717, 1.165) is 27.9 Å². The molecule has 21 heavy (non-hydrogen) atoms. The number of aryl methyl sites for hydroxylation is 1. The summed E-state index contributed by atoms with van der Waals surface area (Å²) in [4.78, 5) is 0. The second-order valence-corrected chi connectivity index (χ2v) is 5.27. The molecule has 1 heterocycles. The number of ether oxygens (including phenoxy) is 1. The number of hydrogen-bond acceptors (Lipinski definition) is 3. The molecule has 0 spiro atoms. The van der Waals surface area contributed by atoms with Gasteiger partial charge in [0, 0.05) is 29.6 Å². The van der Waals surface area contributed by atoms with Crippen molar-refractivity contribution in [2.45, 2.75) is 13.2 Å². The molecule has 1 aromatic heterocycles. The highest BCUT2D eigenvalue weighted by molar-refractivity contribution is 6.30. The Morgan fingerprint density at radius 1 is 1.24 bits per heavy atom. The number of rotatable bonds is 4. The summed E-state index contributed by atoms with van der Waals surface area (Å²) < 4.78 is 7.74. The Hall–Kier alpha value is -2.04. The third-order valence-corrected chi connectivity index (χ3v) is 3.68. The van der Waals surface area contributed by atoms with Gasteiger partial charge in [-0.05, 0) is 24.3 Å². The minimum absolute atomic E-state index is 0.388. The lowest BCUT2D eigenvalue weighted by molar-refractivity contribution is 0.298. The maximum Gasteiger partial charge on any atom is 0.133 e. The highest BCUT2D eigenvalue weighted by Gasteiger charge is 2.10. The third kappa shape index (κ3) is 2.73. The molecule has 0 saturated heterocycles. The summed E-state index contributed by atoms with van der Waals surface area (Å²) in [6, 6.07) is 13.6. The zero-order chi connectivity index (χ0) is 14.8. The fraction of sp³-hybridized carbons (Fsp3) is 0.188. The Balaban J connectivity index is 1.87. The molecule has 3 aromatic rings. The van der Waals surface area contributed by atoms with Crippen LogP contribution in [0, 0.1) is 0 Å². The molecule has 4 nitrogen and oxygen atoms in total. The minimum Gasteiger partial charge on any atom is -0.487 e. The predicted octanol–water partition coefficient (Wildman–Crippen LogP) is 3.26. The van der Waals surface area contributed by atoms with Crippen LogP contribution in [0.15, 0.2) is 42.5 Å². The van der Waals surface area contributed by atoms with Gasteiger partial charge in [0.15, 0.2) is 0 Å². The molecule has 2 N–H and O–H groups in total. The van der Waals surface area contributed by atoms with Crippen molar-refractivity contribution in [3.8, 4) is 5.75 Å². The molecule has 0 unspecified atom stereocenters. The van der Waals surface area contributed by atoms with Crippen molar-refractivity contribution in [1.29, 1.82) is 0 Å². The molecule has 0 fully saturated rings. The van der Waals surface area contributed by atoms with Crippen LogP contribution in [0.5, 0.6) is 5.75 Å². The number of para-hydroxylation sites is 1. The molecular formula is C16H16ClN3O. The molecule has 5 heteroatoms. The van der Waals surface area contributed by atoms with Crippen molar-refractivity contribution in [3.63, 3.8) is 0 Å². The van der Waals surface area contributed by atoms with Crippen LogP contribution in [0.3, 0.4) is 0 Å². The molecular weight excluding hydrogens is 286 g/mol. The van der Waals surface area contributed by atoms with Crippen LogP contribution in [0.1, 0.15) is 11.3 Å².